The Balaban J connectivity index is 1.73. The number of Topliss-reactive ketones (excluding diaryl/α,β-unsaturated/α-hetero) is 1. The standard InChI is InChI=1S/C22H32F3N3O6/c1-12(2)7-16(29)20(33)28-11-21(4-5-21)9-15(28)19(32)27-14(8-13-3-6-26-18(13)31)17(30)10-34-22(23,24)25/h12-16,29H,3-11H2,1-2H3,(H,26,31)(H,27,32)/t13-,14?,15?,16+/m0/s1. The van der Waals surface area contributed by atoms with Crippen molar-refractivity contribution in [2.45, 2.75) is 76.9 Å². The molecule has 3 rings (SSSR count). The minimum absolute atomic E-state index is 0.0527. The number of aliphatic hydroxyl groups is 1. The number of likely N-dealkylation sites (tertiary alicyclic amines) is 1. The topological polar surface area (TPSA) is 125 Å². The zero-order valence-electron chi connectivity index (χ0n) is 19.3. The van der Waals surface area contributed by atoms with Gasteiger partial charge < -0.3 is 20.6 Å². The van der Waals surface area contributed by atoms with Crippen LogP contribution in [-0.4, -0.2) is 77.8 Å². The minimum atomic E-state index is -5.02. The zero-order chi connectivity index (χ0) is 25.3. The van der Waals surface area contributed by atoms with Gasteiger partial charge in [-0.2, -0.15) is 0 Å². The Hall–Kier alpha value is -2.21. The van der Waals surface area contributed by atoms with E-state index < -0.39 is 54.7 Å². The van der Waals surface area contributed by atoms with Gasteiger partial charge in [-0.25, -0.2) is 0 Å². The molecule has 34 heavy (non-hydrogen) atoms. The van der Waals surface area contributed by atoms with Crippen molar-refractivity contribution in [1.82, 2.24) is 15.5 Å². The van der Waals surface area contributed by atoms with E-state index in [1.54, 1.807) is 0 Å². The molecule has 0 radical (unpaired) electrons. The molecule has 0 aromatic rings. The first-order chi connectivity index (χ1) is 15.8. The van der Waals surface area contributed by atoms with E-state index in [2.05, 4.69) is 15.4 Å². The van der Waals surface area contributed by atoms with Gasteiger partial charge in [0.25, 0.3) is 5.91 Å². The van der Waals surface area contributed by atoms with Gasteiger partial charge in [0, 0.05) is 19.0 Å². The highest BCUT2D eigenvalue weighted by Gasteiger charge is 2.56. The number of carbonyl (C=O) groups excluding carboxylic acids is 4. The van der Waals surface area contributed by atoms with Gasteiger partial charge in [-0.05, 0) is 49.9 Å². The van der Waals surface area contributed by atoms with Crippen LogP contribution in [0.4, 0.5) is 13.2 Å². The van der Waals surface area contributed by atoms with Crippen LogP contribution in [-0.2, 0) is 23.9 Å². The third-order valence-electron chi connectivity index (χ3n) is 6.80. The summed E-state index contributed by atoms with van der Waals surface area (Å²) in [6.45, 7) is 3.09. The number of ketones is 1. The molecule has 2 aliphatic heterocycles. The number of ether oxygens (including phenoxy) is 1. The molecular formula is C22H32F3N3O6. The molecule has 2 unspecified atom stereocenters. The van der Waals surface area contributed by atoms with E-state index in [0.717, 1.165) is 12.8 Å². The van der Waals surface area contributed by atoms with Crippen LogP contribution in [0.5, 0.6) is 0 Å². The predicted octanol–water partition coefficient (Wildman–Crippen LogP) is 0.891. The lowest BCUT2D eigenvalue weighted by Crippen LogP contribution is -2.53. The SMILES string of the molecule is CC(C)C[C@@H](O)C(=O)N1CC2(CC2)CC1C(=O)NC(C[C@@H]1CCNC1=O)C(=O)COC(F)(F)F. The number of hydrogen-bond donors (Lipinski definition) is 3. The van der Waals surface area contributed by atoms with E-state index >= 15 is 0 Å². The Kier molecular flexibility index (Phi) is 7.91. The monoisotopic (exact) mass is 491 g/mol. The summed E-state index contributed by atoms with van der Waals surface area (Å²) in [5, 5.41) is 15.4. The summed E-state index contributed by atoms with van der Waals surface area (Å²) in [4.78, 5) is 51.9. The average Bonchev–Trinajstić information content (AvgIpc) is 3.19. The smallest absolute Gasteiger partial charge is 0.383 e. The molecule has 0 bridgehead atoms. The van der Waals surface area contributed by atoms with Gasteiger partial charge in [-0.3, -0.25) is 23.9 Å². The van der Waals surface area contributed by atoms with E-state index in [1.165, 1.54) is 4.90 Å². The normalized spacial score (nSPS) is 25.4. The molecule has 1 aliphatic carbocycles. The molecule has 1 spiro atoms. The first-order valence-electron chi connectivity index (χ1n) is 11.6. The Labute approximate surface area is 195 Å². The summed E-state index contributed by atoms with van der Waals surface area (Å²) in [6.07, 6.45) is -3.85. The van der Waals surface area contributed by atoms with Gasteiger partial charge in [0.15, 0.2) is 5.78 Å². The maximum atomic E-state index is 13.2. The second kappa shape index (κ2) is 10.2. The lowest BCUT2D eigenvalue weighted by molar-refractivity contribution is -0.321. The van der Waals surface area contributed by atoms with E-state index in [4.69, 9.17) is 0 Å². The number of alkyl halides is 3. The van der Waals surface area contributed by atoms with Crippen LogP contribution in [0.2, 0.25) is 0 Å². The van der Waals surface area contributed by atoms with Crippen LogP contribution in [0, 0.1) is 17.3 Å². The summed E-state index contributed by atoms with van der Waals surface area (Å²) in [5.74, 6) is -3.19. The maximum Gasteiger partial charge on any atom is 0.522 e. The third kappa shape index (κ3) is 6.68. The molecule has 0 aromatic carbocycles. The molecule has 12 heteroatoms. The number of hydrogen-bond acceptors (Lipinski definition) is 6. The summed E-state index contributed by atoms with van der Waals surface area (Å²) in [6, 6.07) is -2.33. The van der Waals surface area contributed by atoms with Crippen molar-refractivity contribution in [3.8, 4) is 0 Å². The zero-order valence-corrected chi connectivity index (χ0v) is 19.3. The summed E-state index contributed by atoms with van der Waals surface area (Å²) >= 11 is 0. The van der Waals surface area contributed by atoms with Gasteiger partial charge >= 0.3 is 6.36 Å². The highest BCUT2D eigenvalue weighted by atomic mass is 19.4. The fourth-order valence-electron chi connectivity index (χ4n) is 4.75. The lowest BCUT2D eigenvalue weighted by Gasteiger charge is -2.28. The number of aliphatic hydroxyl groups excluding tert-OH is 1. The molecule has 192 valence electrons. The fourth-order valence-corrected chi connectivity index (χ4v) is 4.75. The van der Waals surface area contributed by atoms with E-state index in [1.807, 2.05) is 13.8 Å². The first kappa shape index (κ1) is 26.4. The summed E-state index contributed by atoms with van der Waals surface area (Å²) in [7, 11) is 0. The molecule has 2 heterocycles. The number of halogens is 3. The minimum Gasteiger partial charge on any atom is -0.383 e. The maximum absolute atomic E-state index is 13.2. The lowest BCUT2D eigenvalue weighted by atomic mass is 9.95. The number of nitrogens with one attached hydrogen (secondary N) is 2. The molecule has 2 saturated heterocycles. The van der Waals surface area contributed by atoms with Gasteiger partial charge in [-0.15, -0.1) is 13.2 Å². The van der Waals surface area contributed by atoms with Gasteiger partial charge in [0.1, 0.15) is 18.8 Å². The average molecular weight is 492 g/mol. The fraction of sp³-hybridized carbons (Fsp3) is 0.818. The number of rotatable bonds is 10. The molecule has 9 nitrogen and oxygen atoms in total. The molecule has 3 aliphatic rings. The molecule has 1 saturated carbocycles. The van der Waals surface area contributed by atoms with E-state index in [-0.39, 0.29) is 30.1 Å². The molecular weight excluding hydrogens is 459 g/mol. The molecule has 3 fully saturated rings. The van der Waals surface area contributed by atoms with E-state index in [0.29, 0.717) is 25.9 Å². The highest BCUT2D eigenvalue weighted by Crippen LogP contribution is 2.55. The van der Waals surface area contributed by atoms with Gasteiger partial charge in [-0.1, -0.05) is 13.8 Å². The quantitative estimate of drug-likeness (QED) is 0.417. The largest absolute Gasteiger partial charge is 0.522 e. The number of amides is 3. The van der Waals surface area contributed by atoms with Crippen LogP contribution in [0.25, 0.3) is 0 Å². The van der Waals surface area contributed by atoms with Crippen molar-refractivity contribution in [2.24, 2.45) is 17.3 Å². The molecule has 3 N–H and O–H groups in total. The first-order valence-corrected chi connectivity index (χ1v) is 11.6. The van der Waals surface area contributed by atoms with E-state index in [9.17, 15) is 37.5 Å². The van der Waals surface area contributed by atoms with Crippen molar-refractivity contribution >= 4 is 23.5 Å². The van der Waals surface area contributed by atoms with Crippen LogP contribution in [0.15, 0.2) is 0 Å². The van der Waals surface area contributed by atoms with Crippen molar-refractivity contribution in [2.75, 3.05) is 19.7 Å². The third-order valence-corrected chi connectivity index (χ3v) is 6.80. The van der Waals surface area contributed by atoms with Crippen molar-refractivity contribution in [3.05, 3.63) is 0 Å². The second-order valence-corrected chi connectivity index (χ2v) is 10.1. The predicted molar refractivity (Wildman–Crippen MR) is 112 cm³/mol. The van der Waals surface area contributed by atoms with Crippen LogP contribution in [0.3, 0.4) is 0 Å². The number of carbonyl (C=O) groups is 4. The van der Waals surface area contributed by atoms with Crippen LogP contribution >= 0.6 is 0 Å². The Morgan fingerprint density at radius 1 is 1.29 bits per heavy atom. The van der Waals surface area contributed by atoms with Crippen LogP contribution < -0.4 is 10.6 Å². The Morgan fingerprint density at radius 3 is 2.50 bits per heavy atom. The van der Waals surface area contributed by atoms with Crippen LogP contribution in [0.1, 0.15) is 52.4 Å². The van der Waals surface area contributed by atoms with Gasteiger partial charge in [0.05, 0.1) is 6.04 Å². The highest BCUT2D eigenvalue weighted by molar-refractivity contribution is 5.95. The number of nitrogens with zero attached hydrogens (tertiary/aromatic N) is 1. The van der Waals surface area contributed by atoms with Crippen molar-refractivity contribution in [1.29, 1.82) is 0 Å². The Bertz CT molecular complexity index is 814. The summed E-state index contributed by atoms with van der Waals surface area (Å²) in [5.41, 5.74) is -0.209. The van der Waals surface area contributed by atoms with Crippen molar-refractivity contribution in [3.63, 3.8) is 0 Å². The molecule has 0 aromatic heterocycles. The summed E-state index contributed by atoms with van der Waals surface area (Å²) < 4.78 is 41.0. The van der Waals surface area contributed by atoms with Crippen molar-refractivity contribution < 1.29 is 42.2 Å². The second-order valence-electron chi connectivity index (χ2n) is 10.1. The molecule has 3 amide bonds. The van der Waals surface area contributed by atoms with Gasteiger partial charge in [0.2, 0.25) is 11.8 Å². The Morgan fingerprint density at radius 2 is 1.97 bits per heavy atom. The molecule has 4 atom stereocenters.